The van der Waals surface area contributed by atoms with Crippen LogP contribution in [0.4, 0.5) is 0 Å². The molecule has 0 radical (unpaired) electrons. The number of fused-ring (bicyclic) bond motifs is 1. The molecule has 1 nitrogen and oxygen atoms in total. The van der Waals surface area contributed by atoms with Crippen LogP contribution in [0.1, 0.15) is 33.2 Å². The Morgan fingerprint density at radius 2 is 2.00 bits per heavy atom. The standard InChI is InChI=1S/C18H18Cl2O/c1-11-3-4-12(2)14(7-11)9-17(20)16-10-15(19)8-13-5-6-21-18(13)16/h3-4,7-8,10,17H,5-6,9H2,1-2H3. The molecule has 1 aliphatic rings. The molecule has 0 saturated carbocycles. The number of hydrogen-bond donors (Lipinski definition) is 0. The van der Waals surface area contributed by atoms with Crippen LogP contribution in [-0.4, -0.2) is 6.61 Å². The summed E-state index contributed by atoms with van der Waals surface area (Å²) in [7, 11) is 0. The Balaban J connectivity index is 1.92. The first-order valence-corrected chi connectivity index (χ1v) is 8.01. The van der Waals surface area contributed by atoms with E-state index in [9.17, 15) is 0 Å². The monoisotopic (exact) mass is 320 g/mol. The molecule has 1 unspecified atom stereocenters. The van der Waals surface area contributed by atoms with Crippen LogP contribution in [0.2, 0.25) is 5.02 Å². The third-order valence-electron chi connectivity index (χ3n) is 4.02. The Kier molecular flexibility index (Phi) is 4.14. The summed E-state index contributed by atoms with van der Waals surface area (Å²) in [6.07, 6.45) is 1.70. The van der Waals surface area contributed by atoms with Gasteiger partial charge in [0, 0.05) is 17.0 Å². The van der Waals surface area contributed by atoms with E-state index in [4.69, 9.17) is 27.9 Å². The summed E-state index contributed by atoms with van der Waals surface area (Å²) in [5.41, 5.74) is 5.99. The lowest BCUT2D eigenvalue weighted by Crippen LogP contribution is -2.01. The van der Waals surface area contributed by atoms with Crippen LogP contribution in [0.25, 0.3) is 0 Å². The predicted molar refractivity (Wildman–Crippen MR) is 88.9 cm³/mol. The molecule has 0 aromatic heterocycles. The van der Waals surface area contributed by atoms with Crippen LogP contribution in [0, 0.1) is 13.8 Å². The van der Waals surface area contributed by atoms with Gasteiger partial charge in [0.25, 0.3) is 0 Å². The molecule has 0 saturated heterocycles. The van der Waals surface area contributed by atoms with E-state index >= 15 is 0 Å². The van der Waals surface area contributed by atoms with Crippen molar-refractivity contribution in [1.29, 1.82) is 0 Å². The van der Waals surface area contributed by atoms with Crippen LogP contribution in [0.15, 0.2) is 30.3 Å². The second-order valence-corrected chi connectivity index (χ2v) is 6.65. The van der Waals surface area contributed by atoms with Gasteiger partial charge in [0.2, 0.25) is 0 Å². The molecule has 0 N–H and O–H groups in total. The van der Waals surface area contributed by atoms with Gasteiger partial charge >= 0.3 is 0 Å². The predicted octanol–water partition coefficient (Wildman–Crippen LogP) is 5.41. The normalized spacial score (nSPS) is 14.7. The lowest BCUT2D eigenvalue weighted by Gasteiger charge is -2.16. The largest absolute Gasteiger partial charge is 0.493 e. The van der Waals surface area contributed by atoms with E-state index in [0.717, 1.165) is 35.8 Å². The Morgan fingerprint density at radius 3 is 2.81 bits per heavy atom. The second kappa shape index (κ2) is 5.90. The first kappa shape index (κ1) is 14.7. The van der Waals surface area contributed by atoms with Gasteiger partial charge in [-0.05, 0) is 49.1 Å². The molecule has 110 valence electrons. The molecule has 3 heteroatoms. The minimum atomic E-state index is -0.129. The molecule has 21 heavy (non-hydrogen) atoms. The Morgan fingerprint density at radius 1 is 1.19 bits per heavy atom. The Hall–Kier alpha value is -1.18. The highest BCUT2D eigenvalue weighted by Crippen LogP contribution is 2.40. The first-order valence-electron chi connectivity index (χ1n) is 7.20. The zero-order valence-electron chi connectivity index (χ0n) is 12.2. The van der Waals surface area contributed by atoms with Crippen molar-refractivity contribution in [2.24, 2.45) is 0 Å². The molecule has 2 aromatic carbocycles. The maximum absolute atomic E-state index is 6.68. The maximum Gasteiger partial charge on any atom is 0.127 e. The van der Waals surface area contributed by atoms with Crippen LogP contribution in [-0.2, 0) is 12.8 Å². The van der Waals surface area contributed by atoms with Gasteiger partial charge in [-0.1, -0.05) is 35.4 Å². The highest BCUT2D eigenvalue weighted by atomic mass is 35.5. The van der Waals surface area contributed by atoms with Crippen molar-refractivity contribution in [3.8, 4) is 5.75 Å². The lowest BCUT2D eigenvalue weighted by molar-refractivity contribution is 0.353. The number of hydrogen-bond acceptors (Lipinski definition) is 1. The van der Waals surface area contributed by atoms with Gasteiger partial charge in [-0.15, -0.1) is 11.6 Å². The van der Waals surface area contributed by atoms with Crippen molar-refractivity contribution in [3.63, 3.8) is 0 Å². The van der Waals surface area contributed by atoms with Gasteiger partial charge in [-0.25, -0.2) is 0 Å². The van der Waals surface area contributed by atoms with Gasteiger partial charge < -0.3 is 4.74 Å². The molecule has 2 aromatic rings. The second-order valence-electron chi connectivity index (χ2n) is 5.68. The highest BCUT2D eigenvalue weighted by molar-refractivity contribution is 6.31. The van der Waals surface area contributed by atoms with Gasteiger partial charge in [-0.2, -0.15) is 0 Å². The van der Waals surface area contributed by atoms with Crippen molar-refractivity contribution in [2.45, 2.75) is 32.1 Å². The quantitative estimate of drug-likeness (QED) is 0.686. The number of ether oxygens (including phenoxy) is 1. The number of rotatable bonds is 3. The van der Waals surface area contributed by atoms with Crippen LogP contribution >= 0.6 is 23.2 Å². The number of halogens is 2. The minimum absolute atomic E-state index is 0.129. The van der Waals surface area contributed by atoms with E-state index in [-0.39, 0.29) is 5.38 Å². The fourth-order valence-corrected chi connectivity index (χ4v) is 3.43. The molecule has 1 aliphatic heterocycles. The van der Waals surface area contributed by atoms with E-state index < -0.39 is 0 Å². The summed E-state index contributed by atoms with van der Waals surface area (Å²) in [4.78, 5) is 0. The molecule has 1 atom stereocenters. The van der Waals surface area contributed by atoms with E-state index in [1.54, 1.807) is 0 Å². The third-order valence-corrected chi connectivity index (χ3v) is 4.63. The lowest BCUT2D eigenvalue weighted by atomic mass is 9.97. The Bertz CT molecular complexity index is 679. The molecular weight excluding hydrogens is 303 g/mol. The minimum Gasteiger partial charge on any atom is -0.493 e. The summed E-state index contributed by atoms with van der Waals surface area (Å²) < 4.78 is 5.75. The van der Waals surface area contributed by atoms with E-state index in [2.05, 4.69) is 32.0 Å². The third kappa shape index (κ3) is 3.04. The topological polar surface area (TPSA) is 9.23 Å². The van der Waals surface area contributed by atoms with Crippen molar-refractivity contribution < 1.29 is 4.74 Å². The van der Waals surface area contributed by atoms with Gasteiger partial charge in [0.05, 0.1) is 12.0 Å². The SMILES string of the molecule is Cc1ccc(C)c(CC(Cl)c2cc(Cl)cc3c2OCC3)c1. The summed E-state index contributed by atoms with van der Waals surface area (Å²) in [6.45, 7) is 4.94. The van der Waals surface area contributed by atoms with Gasteiger partial charge in [0.1, 0.15) is 5.75 Å². The van der Waals surface area contributed by atoms with E-state index in [1.165, 1.54) is 22.3 Å². The summed E-state index contributed by atoms with van der Waals surface area (Å²) in [6, 6.07) is 10.4. The molecule has 3 rings (SSSR count). The number of aryl methyl sites for hydroxylation is 2. The zero-order valence-corrected chi connectivity index (χ0v) is 13.8. The molecule has 0 spiro atoms. The maximum atomic E-state index is 6.68. The van der Waals surface area contributed by atoms with Crippen molar-refractivity contribution >= 4 is 23.2 Å². The summed E-state index contributed by atoms with van der Waals surface area (Å²) in [5, 5.41) is 0.608. The average molecular weight is 321 g/mol. The molecule has 0 bridgehead atoms. The number of benzene rings is 2. The van der Waals surface area contributed by atoms with Crippen LogP contribution in [0.5, 0.6) is 5.75 Å². The average Bonchev–Trinajstić information content (AvgIpc) is 2.89. The summed E-state index contributed by atoms with van der Waals surface area (Å²) in [5.74, 6) is 0.935. The highest BCUT2D eigenvalue weighted by Gasteiger charge is 2.22. The molecule has 0 aliphatic carbocycles. The van der Waals surface area contributed by atoms with Crippen LogP contribution < -0.4 is 4.74 Å². The van der Waals surface area contributed by atoms with E-state index in [0.29, 0.717) is 0 Å². The van der Waals surface area contributed by atoms with Gasteiger partial charge in [-0.3, -0.25) is 0 Å². The fraction of sp³-hybridized carbons (Fsp3) is 0.333. The molecular formula is C18H18Cl2O. The fourth-order valence-electron chi connectivity index (χ4n) is 2.85. The molecule has 0 amide bonds. The van der Waals surface area contributed by atoms with E-state index in [1.807, 2.05) is 12.1 Å². The van der Waals surface area contributed by atoms with Crippen molar-refractivity contribution in [1.82, 2.24) is 0 Å². The number of alkyl halides is 1. The molecule has 1 heterocycles. The van der Waals surface area contributed by atoms with Crippen molar-refractivity contribution in [2.75, 3.05) is 6.61 Å². The summed E-state index contributed by atoms with van der Waals surface area (Å²) >= 11 is 12.9. The first-order chi connectivity index (χ1) is 10.0. The van der Waals surface area contributed by atoms with Crippen molar-refractivity contribution in [3.05, 3.63) is 63.2 Å². The zero-order chi connectivity index (χ0) is 15.0. The van der Waals surface area contributed by atoms with Crippen LogP contribution in [0.3, 0.4) is 0 Å². The smallest absolute Gasteiger partial charge is 0.127 e. The Labute approximate surface area is 135 Å². The molecule has 0 fully saturated rings. The van der Waals surface area contributed by atoms with Gasteiger partial charge in [0.15, 0.2) is 0 Å².